The summed E-state index contributed by atoms with van der Waals surface area (Å²) in [6.07, 6.45) is 12.1. The Balaban J connectivity index is 3.58. The summed E-state index contributed by atoms with van der Waals surface area (Å²) in [5, 5.41) is 17.3. The van der Waals surface area contributed by atoms with Gasteiger partial charge in [0.15, 0.2) is 5.92 Å². The average molecular weight is 256 g/mol. The topological polar surface area (TPSA) is 74.6 Å². The van der Waals surface area contributed by atoms with Gasteiger partial charge in [0.05, 0.1) is 0 Å². The molecule has 0 fully saturated rings. The number of hydrogen-bond acceptors (Lipinski definition) is 2. The van der Waals surface area contributed by atoms with Gasteiger partial charge in [-0.2, -0.15) is 0 Å². The summed E-state index contributed by atoms with van der Waals surface area (Å²) in [6, 6.07) is 0. The first-order chi connectivity index (χ1) is 8.59. The molecule has 4 nitrogen and oxygen atoms in total. The quantitative estimate of drug-likeness (QED) is 0.337. The van der Waals surface area contributed by atoms with Gasteiger partial charge in [0.2, 0.25) is 0 Å². The molecule has 4 heteroatoms. The van der Waals surface area contributed by atoms with E-state index in [-0.39, 0.29) is 0 Å². The fraction of sp³-hybridized carbons (Fsp3) is 0.714. The molecule has 0 saturated heterocycles. The van der Waals surface area contributed by atoms with Crippen LogP contribution >= 0.6 is 0 Å². The molecule has 0 aliphatic carbocycles. The summed E-state index contributed by atoms with van der Waals surface area (Å²) in [4.78, 5) is 21.2. The van der Waals surface area contributed by atoms with E-state index >= 15 is 0 Å². The van der Waals surface area contributed by atoms with E-state index in [1.807, 2.05) is 0 Å². The van der Waals surface area contributed by atoms with E-state index in [9.17, 15) is 9.59 Å². The molecule has 0 rings (SSSR count). The van der Waals surface area contributed by atoms with Gasteiger partial charge in [0.1, 0.15) is 0 Å². The van der Waals surface area contributed by atoms with Crippen molar-refractivity contribution in [2.75, 3.05) is 0 Å². The molecule has 0 saturated carbocycles. The molecule has 2 N–H and O–H groups in total. The SMILES string of the molecule is CCCCCCCCC/C=C/C(C(=O)O)C(=O)O. The molecular weight excluding hydrogens is 232 g/mol. The molecule has 0 aromatic carbocycles. The van der Waals surface area contributed by atoms with E-state index < -0.39 is 17.9 Å². The highest BCUT2D eigenvalue weighted by atomic mass is 16.4. The number of rotatable bonds is 11. The van der Waals surface area contributed by atoms with Crippen molar-refractivity contribution in [1.29, 1.82) is 0 Å². The second-order valence-corrected chi connectivity index (χ2v) is 4.49. The number of aliphatic carboxylic acids is 2. The van der Waals surface area contributed by atoms with E-state index in [2.05, 4.69) is 6.92 Å². The van der Waals surface area contributed by atoms with Crippen LogP contribution in [0.1, 0.15) is 58.3 Å². The number of allylic oxidation sites excluding steroid dienone is 1. The van der Waals surface area contributed by atoms with Crippen molar-refractivity contribution in [1.82, 2.24) is 0 Å². The minimum absolute atomic E-state index is 0.755. The van der Waals surface area contributed by atoms with Crippen molar-refractivity contribution in [3.63, 3.8) is 0 Å². The van der Waals surface area contributed by atoms with Gasteiger partial charge >= 0.3 is 11.9 Å². The van der Waals surface area contributed by atoms with E-state index in [4.69, 9.17) is 10.2 Å². The second-order valence-electron chi connectivity index (χ2n) is 4.49. The van der Waals surface area contributed by atoms with Crippen molar-refractivity contribution in [2.24, 2.45) is 5.92 Å². The summed E-state index contributed by atoms with van der Waals surface area (Å²) in [7, 11) is 0. The van der Waals surface area contributed by atoms with Crippen LogP contribution < -0.4 is 0 Å². The molecule has 0 atom stereocenters. The zero-order valence-corrected chi connectivity index (χ0v) is 11.1. The maximum atomic E-state index is 10.6. The highest BCUT2D eigenvalue weighted by Gasteiger charge is 2.21. The Bertz CT molecular complexity index is 257. The van der Waals surface area contributed by atoms with Crippen LogP contribution in [-0.4, -0.2) is 22.2 Å². The Morgan fingerprint density at radius 2 is 1.44 bits per heavy atom. The van der Waals surface area contributed by atoms with Gasteiger partial charge in [-0.3, -0.25) is 9.59 Å². The highest BCUT2D eigenvalue weighted by Crippen LogP contribution is 2.09. The molecule has 0 bridgehead atoms. The highest BCUT2D eigenvalue weighted by molar-refractivity contribution is 5.94. The van der Waals surface area contributed by atoms with Crippen molar-refractivity contribution in [2.45, 2.75) is 58.3 Å². The third kappa shape index (κ3) is 8.79. The van der Waals surface area contributed by atoms with E-state index in [1.165, 1.54) is 38.2 Å². The molecule has 0 heterocycles. The predicted octanol–water partition coefficient (Wildman–Crippen LogP) is 3.47. The maximum Gasteiger partial charge on any atom is 0.321 e. The summed E-state index contributed by atoms with van der Waals surface area (Å²) < 4.78 is 0. The fourth-order valence-electron chi connectivity index (χ4n) is 1.72. The summed E-state index contributed by atoms with van der Waals surface area (Å²) in [6.45, 7) is 2.19. The normalized spacial score (nSPS) is 11.2. The first-order valence-corrected chi connectivity index (χ1v) is 6.71. The lowest BCUT2D eigenvalue weighted by Gasteiger charge is -2.01. The van der Waals surface area contributed by atoms with Crippen LogP contribution in [0.4, 0.5) is 0 Å². The van der Waals surface area contributed by atoms with Crippen molar-refractivity contribution >= 4 is 11.9 Å². The molecule has 18 heavy (non-hydrogen) atoms. The van der Waals surface area contributed by atoms with Crippen molar-refractivity contribution in [3.8, 4) is 0 Å². The summed E-state index contributed by atoms with van der Waals surface area (Å²) in [5.74, 6) is -4.02. The molecule has 0 radical (unpaired) electrons. The van der Waals surface area contributed by atoms with Crippen LogP contribution in [0, 0.1) is 5.92 Å². The monoisotopic (exact) mass is 256 g/mol. The van der Waals surface area contributed by atoms with Crippen molar-refractivity contribution < 1.29 is 19.8 Å². The molecule has 0 aromatic rings. The Morgan fingerprint density at radius 3 is 1.94 bits per heavy atom. The van der Waals surface area contributed by atoms with Gasteiger partial charge in [0, 0.05) is 0 Å². The van der Waals surface area contributed by atoms with E-state index in [1.54, 1.807) is 6.08 Å². The van der Waals surface area contributed by atoms with Gasteiger partial charge in [0.25, 0.3) is 0 Å². The lowest BCUT2D eigenvalue weighted by atomic mass is 10.1. The standard InChI is InChI=1S/C14H24O4/c1-2-3-4-5-6-7-8-9-10-11-12(13(15)16)14(17)18/h10-12H,2-9H2,1H3,(H,15,16)(H,17,18)/b11-10+. The maximum absolute atomic E-state index is 10.6. The Morgan fingerprint density at radius 1 is 0.944 bits per heavy atom. The Hall–Kier alpha value is -1.32. The van der Waals surface area contributed by atoms with Crippen LogP contribution in [-0.2, 0) is 9.59 Å². The first-order valence-electron chi connectivity index (χ1n) is 6.71. The number of carboxylic acids is 2. The molecule has 0 unspecified atom stereocenters. The number of hydrogen-bond donors (Lipinski definition) is 2. The third-order valence-corrected chi connectivity index (χ3v) is 2.83. The number of unbranched alkanes of at least 4 members (excludes halogenated alkanes) is 7. The predicted molar refractivity (Wildman–Crippen MR) is 70.5 cm³/mol. The second kappa shape index (κ2) is 10.8. The number of carboxylic acid groups (broad SMARTS) is 2. The largest absolute Gasteiger partial charge is 0.480 e. The minimum atomic E-state index is -1.41. The molecule has 0 amide bonds. The number of carbonyl (C=O) groups is 2. The van der Waals surface area contributed by atoms with Crippen LogP contribution in [0.5, 0.6) is 0 Å². The molecule has 0 aliphatic rings. The average Bonchev–Trinajstić information content (AvgIpc) is 2.30. The van der Waals surface area contributed by atoms with Gasteiger partial charge in [-0.1, -0.05) is 57.6 Å². The van der Waals surface area contributed by atoms with Gasteiger partial charge in [-0.05, 0) is 12.8 Å². The Kier molecular flexibility index (Phi) is 10.0. The molecule has 104 valence electrons. The third-order valence-electron chi connectivity index (χ3n) is 2.83. The van der Waals surface area contributed by atoms with Gasteiger partial charge < -0.3 is 10.2 Å². The molecule has 0 aromatic heterocycles. The van der Waals surface area contributed by atoms with Crippen LogP contribution in [0.25, 0.3) is 0 Å². The zero-order chi connectivity index (χ0) is 13.8. The van der Waals surface area contributed by atoms with Gasteiger partial charge in [-0.15, -0.1) is 0 Å². The Labute approximate surface area is 109 Å². The molecule has 0 spiro atoms. The van der Waals surface area contributed by atoms with Gasteiger partial charge in [-0.25, -0.2) is 0 Å². The summed E-state index contributed by atoms with van der Waals surface area (Å²) >= 11 is 0. The van der Waals surface area contributed by atoms with E-state index in [0.717, 1.165) is 19.3 Å². The van der Waals surface area contributed by atoms with Crippen LogP contribution in [0.3, 0.4) is 0 Å². The molecular formula is C14H24O4. The lowest BCUT2D eigenvalue weighted by Crippen LogP contribution is -2.20. The first kappa shape index (κ1) is 16.7. The van der Waals surface area contributed by atoms with Crippen LogP contribution in [0.15, 0.2) is 12.2 Å². The summed E-state index contributed by atoms with van der Waals surface area (Å²) in [5.41, 5.74) is 0. The van der Waals surface area contributed by atoms with E-state index in [0.29, 0.717) is 0 Å². The van der Waals surface area contributed by atoms with Crippen LogP contribution in [0.2, 0.25) is 0 Å². The van der Waals surface area contributed by atoms with Crippen molar-refractivity contribution in [3.05, 3.63) is 12.2 Å². The molecule has 0 aliphatic heterocycles. The minimum Gasteiger partial charge on any atom is -0.480 e. The smallest absolute Gasteiger partial charge is 0.321 e. The zero-order valence-electron chi connectivity index (χ0n) is 11.1. The fourth-order valence-corrected chi connectivity index (χ4v) is 1.72. The lowest BCUT2D eigenvalue weighted by molar-refractivity contribution is -0.151.